The van der Waals surface area contributed by atoms with Gasteiger partial charge in [-0.15, -0.1) is 0 Å². The molecule has 5 aliphatic rings. The van der Waals surface area contributed by atoms with Gasteiger partial charge in [-0.1, -0.05) is 12.2 Å². The Morgan fingerprint density at radius 3 is 2.00 bits per heavy atom. The van der Waals surface area contributed by atoms with E-state index in [4.69, 9.17) is 4.74 Å². The maximum absolute atomic E-state index is 13.2. The number of esters is 1. The van der Waals surface area contributed by atoms with Crippen molar-refractivity contribution in [3.8, 4) is 5.75 Å². The van der Waals surface area contributed by atoms with Crippen molar-refractivity contribution < 1.29 is 23.9 Å². The van der Waals surface area contributed by atoms with E-state index in [9.17, 15) is 19.2 Å². The number of imide groups is 1. The van der Waals surface area contributed by atoms with E-state index >= 15 is 0 Å². The number of amides is 2. The first-order chi connectivity index (χ1) is 15.1. The van der Waals surface area contributed by atoms with Gasteiger partial charge in [0.05, 0.1) is 23.1 Å². The zero-order chi connectivity index (χ0) is 21.3. The second-order valence-electron chi connectivity index (χ2n) is 8.79. The van der Waals surface area contributed by atoms with Gasteiger partial charge in [-0.05, 0) is 78.6 Å². The van der Waals surface area contributed by atoms with Crippen LogP contribution in [0.15, 0.2) is 60.7 Å². The van der Waals surface area contributed by atoms with Gasteiger partial charge in [0.1, 0.15) is 12.0 Å². The quantitative estimate of drug-likeness (QED) is 0.253. The molecule has 7 rings (SSSR count). The van der Waals surface area contributed by atoms with Crippen molar-refractivity contribution in [1.29, 1.82) is 0 Å². The summed E-state index contributed by atoms with van der Waals surface area (Å²) in [4.78, 5) is 50.8. The molecular formula is C25H19NO5. The molecule has 1 heterocycles. The molecule has 6 heteroatoms. The molecule has 154 valence electrons. The van der Waals surface area contributed by atoms with E-state index in [1.807, 2.05) is 0 Å². The Labute approximate surface area is 178 Å². The van der Waals surface area contributed by atoms with Gasteiger partial charge >= 0.3 is 5.97 Å². The lowest BCUT2D eigenvalue weighted by Gasteiger charge is -2.37. The van der Waals surface area contributed by atoms with E-state index in [1.54, 1.807) is 48.5 Å². The van der Waals surface area contributed by atoms with Crippen molar-refractivity contribution >= 4 is 29.8 Å². The molecule has 0 unspecified atom stereocenters. The lowest BCUT2D eigenvalue weighted by molar-refractivity contribution is -0.124. The van der Waals surface area contributed by atoms with Crippen LogP contribution in [0.1, 0.15) is 27.1 Å². The third-order valence-corrected chi connectivity index (χ3v) is 7.25. The smallest absolute Gasteiger partial charge is 0.343 e. The third-order valence-electron chi connectivity index (χ3n) is 7.25. The Kier molecular flexibility index (Phi) is 3.81. The third kappa shape index (κ3) is 2.64. The number of carbonyl (C=O) groups excluding carboxylic acids is 4. The predicted molar refractivity (Wildman–Crippen MR) is 110 cm³/mol. The number of rotatable bonds is 4. The lowest BCUT2D eigenvalue weighted by atomic mass is 9.63. The number of hydrogen-bond donors (Lipinski definition) is 0. The summed E-state index contributed by atoms with van der Waals surface area (Å²) >= 11 is 0. The average molecular weight is 413 g/mol. The number of allylic oxidation sites excluding steroid dienone is 2. The molecule has 6 nitrogen and oxygen atoms in total. The Hall–Kier alpha value is -3.54. The SMILES string of the molecule is O=Cc1ccc(OC(=O)c2ccc(N3C(=O)[C@H]4[C@@H]5C=C[C@H]([C@H]6C[C@H]56)[C@@H]4C3=O)cc2)cc1. The molecule has 1 saturated heterocycles. The number of ether oxygens (including phenoxy) is 1. The molecule has 2 bridgehead atoms. The summed E-state index contributed by atoms with van der Waals surface area (Å²) < 4.78 is 5.33. The van der Waals surface area contributed by atoms with Crippen LogP contribution in [0.3, 0.4) is 0 Å². The fourth-order valence-electron chi connectivity index (χ4n) is 5.74. The van der Waals surface area contributed by atoms with Crippen molar-refractivity contribution in [2.75, 3.05) is 4.90 Å². The van der Waals surface area contributed by atoms with Crippen LogP contribution in [-0.4, -0.2) is 24.1 Å². The maximum Gasteiger partial charge on any atom is 0.343 e. The summed E-state index contributed by atoms with van der Waals surface area (Å²) in [5.41, 5.74) is 1.29. The maximum atomic E-state index is 13.2. The number of nitrogens with zero attached hydrogens (tertiary/aromatic N) is 1. The van der Waals surface area contributed by atoms with Crippen LogP contribution >= 0.6 is 0 Å². The number of carbonyl (C=O) groups is 4. The molecule has 0 spiro atoms. The van der Waals surface area contributed by atoms with Gasteiger partial charge in [0.15, 0.2) is 0 Å². The molecule has 4 aliphatic carbocycles. The van der Waals surface area contributed by atoms with Crippen LogP contribution in [-0.2, 0) is 9.59 Å². The topological polar surface area (TPSA) is 80.8 Å². The molecule has 6 atom stereocenters. The number of aldehydes is 1. The standard InChI is InChI=1S/C25H19NO5/c27-12-13-1-7-16(8-2-13)31-25(30)14-3-5-15(6-4-14)26-23(28)21-17-9-10-18(20-11-19(17)20)22(21)24(26)29/h1-10,12,17-22H,11H2/t17-,18-,19-,20-,21+,22+/m1/s1. The highest BCUT2D eigenvalue weighted by atomic mass is 16.5. The molecule has 2 saturated carbocycles. The van der Waals surface area contributed by atoms with Crippen molar-refractivity contribution in [3.63, 3.8) is 0 Å². The van der Waals surface area contributed by atoms with Gasteiger partial charge in [0.2, 0.25) is 11.8 Å². The van der Waals surface area contributed by atoms with Gasteiger partial charge in [-0.2, -0.15) is 0 Å². The monoisotopic (exact) mass is 413 g/mol. The van der Waals surface area contributed by atoms with Crippen LogP contribution in [0.5, 0.6) is 5.75 Å². The summed E-state index contributed by atoms with van der Waals surface area (Å²) in [6.45, 7) is 0. The summed E-state index contributed by atoms with van der Waals surface area (Å²) in [5.74, 6) is 0.528. The number of anilines is 1. The Balaban J connectivity index is 1.21. The molecule has 3 fully saturated rings. The summed E-state index contributed by atoms with van der Waals surface area (Å²) in [6, 6.07) is 12.6. The fraction of sp³-hybridized carbons (Fsp3) is 0.280. The molecule has 0 aromatic heterocycles. The Bertz CT molecular complexity index is 1110. The first-order valence-corrected chi connectivity index (χ1v) is 10.5. The fourth-order valence-corrected chi connectivity index (χ4v) is 5.74. The molecule has 0 radical (unpaired) electrons. The molecule has 2 amide bonds. The zero-order valence-corrected chi connectivity index (χ0v) is 16.5. The summed E-state index contributed by atoms with van der Waals surface area (Å²) in [5, 5.41) is 0. The van der Waals surface area contributed by atoms with Crippen LogP contribution < -0.4 is 9.64 Å². The first kappa shape index (κ1) is 18.2. The Morgan fingerprint density at radius 1 is 0.871 bits per heavy atom. The largest absolute Gasteiger partial charge is 0.423 e. The van der Waals surface area contributed by atoms with Crippen molar-refractivity contribution in [3.05, 3.63) is 71.8 Å². The molecule has 2 aromatic carbocycles. The van der Waals surface area contributed by atoms with E-state index in [2.05, 4.69) is 12.2 Å². The zero-order valence-electron chi connectivity index (χ0n) is 16.5. The van der Waals surface area contributed by atoms with E-state index < -0.39 is 5.97 Å². The summed E-state index contributed by atoms with van der Waals surface area (Å²) in [6.07, 6.45) is 6.14. The predicted octanol–water partition coefficient (Wildman–Crippen LogP) is 3.28. The highest BCUT2D eigenvalue weighted by Gasteiger charge is 2.67. The lowest BCUT2D eigenvalue weighted by Crippen LogP contribution is -2.40. The van der Waals surface area contributed by atoms with Crippen LogP contribution in [0, 0.1) is 35.5 Å². The highest BCUT2D eigenvalue weighted by Crippen LogP contribution is 2.65. The minimum absolute atomic E-state index is 0.120. The molecule has 2 aromatic rings. The van der Waals surface area contributed by atoms with Crippen molar-refractivity contribution in [2.45, 2.75) is 6.42 Å². The highest BCUT2D eigenvalue weighted by molar-refractivity contribution is 6.22. The van der Waals surface area contributed by atoms with E-state index in [1.165, 1.54) is 4.90 Å². The van der Waals surface area contributed by atoms with E-state index in [-0.39, 0.29) is 35.5 Å². The molecule has 0 N–H and O–H groups in total. The molecule has 31 heavy (non-hydrogen) atoms. The Morgan fingerprint density at radius 2 is 1.45 bits per heavy atom. The number of benzene rings is 2. The minimum atomic E-state index is -0.555. The van der Waals surface area contributed by atoms with Gasteiger partial charge in [0.25, 0.3) is 0 Å². The van der Waals surface area contributed by atoms with Gasteiger partial charge in [-0.25, -0.2) is 4.79 Å². The minimum Gasteiger partial charge on any atom is -0.423 e. The normalized spacial score (nSPS) is 31.9. The molecule has 1 aliphatic heterocycles. The second-order valence-corrected chi connectivity index (χ2v) is 8.79. The molecular weight excluding hydrogens is 394 g/mol. The van der Waals surface area contributed by atoms with Crippen molar-refractivity contribution in [1.82, 2.24) is 0 Å². The first-order valence-electron chi connectivity index (χ1n) is 10.5. The number of hydrogen-bond acceptors (Lipinski definition) is 5. The van der Waals surface area contributed by atoms with E-state index in [0.717, 1.165) is 6.42 Å². The van der Waals surface area contributed by atoms with Crippen LogP contribution in [0.25, 0.3) is 0 Å². The van der Waals surface area contributed by atoms with Crippen LogP contribution in [0.2, 0.25) is 0 Å². The van der Waals surface area contributed by atoms with Crippen LogP contribution in [0.4, 0.5) is 5.69 Å². The van der Waals surface area contributed by atoms with Gasteiger partial charge < -0.3 is 4.74 Å². The van der Waals surface area contributed by atoms with E-state index in [0.29, 0.717) is 40.7 Å². The average Bonchev–Trinajstić information content (AvgIpc) is 3.58. The second kappa shape index (κ2) is 6.48. The van der Waals surface area contributed by atoms with Crippen molar-refractivity contribution in [2.24, 2.45) is 35.5 Å². The summed E-state index contributed by atoms with van der Waals surface area (Å²) in [7, 11) is 0. The van der Waals surface area contributed by atoms with Gasteiger partial charge in [0, 0.05) is 5.56 Å². The van der Waals surface area contributed by atoms with Gasteiger partial charge in [-0.3, -0.25) is 19.3 Å².